The van der Waals surface area contributed by atoms with E-state index in [0.717, 1.165) is 23.1 Å². The minimum absolute atomic E-state index is 0.215. The zero-order chi connectivity index (χ0) is 28.2. The maximum atomic E-state index is 13.8. The molecule has 0 saturated carbocycles. The fraction of sp³-hybridized carbons (Fsp3) is 0.161. The number of benzene rings is 3. The number of amides is 2. The molecule has 9 heteroatoms. The summed E-state index contributed by atoms with van der Waals surface area (Å²) in [5, 5.41) is 0. The molecule has 3 aromatic carbocycles. The molecular weight excluding hydrogens is 521 g/mol. The Morgan fingerprint density at radius 1 is 0.750 bits per heavy atom. The predicted octanol–water partition coefficient (Wildman–Crippen LogP) is 5.08. The lowest BCUT2D eigenvalue weighted by atomic mass is 9.85. The Labute approximate surface area is 227 Å². The number of nitrogens with zero attached hydrogens (tertiary/aromatic N) is 2. The second-order valence-electron chi connectivity index (χ2n) is 9.86. The highest BCUT2D eigenvalue weighted by molar-refractivity contribution is 6.25. The van der Waals surface area contributed by atoms with Crippen molar-refractivity contribution in [2.24, 2.45) is 11.8 Å². The molecule has 4 atom stereocenters. The minimum Gasteiger partial charge on any atom is -0.359 e. The molecule has 0 spiro atoms. The molecule has 3 aliphatic heterocycles. The average Bonchev–Trinajstić information content (AvgIpc) is 3.44. The number of anilines is 1. The van der Waals surface area contributed by atoms with Crippen LogP contribution >= 0.6 is 0 Å². The summed E-state index contributed by atoms with van der Waals surface area (Å²) < 4.78 is 40.3. The number of halogens is 3. The lowest BCUT2D eigenvalue weighted by Gasteiger charge is -2.33. The molecule has 200 valence electrons. The van der Waals surface area contributed by atoms with Gasteiger partial charge in [0, 0.05) is 22.9 Å². The maximum absolute atomic E-state index is 13.8. The van der Waals surface area contributed by atoms with Crippen LogP contribution in [0.15, 0.2) is 109 Å². The number of fused-ring (bicyclic) bond motifs is 3. The highest BCUT2D eigenvalue weighted by Crippen LogP contribution is 2.47. The van der Waals surface area contributed by atoms with Crippen molar-refractivity contribution >= 4 is 29.1 Å². The van der Waals surface area contributed by atoms with Gasteiger partial charge in [-0.05, 0) is 24.3 Å². The van der Waals surface area contributed by atoms with E-state index in [-0.39, 0.29) is 17.0 Å². The van der Waals surface area contributed by atoms with Crippen molar-refractivity contribution in [2.75, 3.05) is 4.90 Å². The summed E-state index contributed by atoms with van der Waals surface area (Å²) in [6.45, 7) is 0. The van der Waals surface area contributed by atoms with Gasteiger partial charge in [0.05, 0.1) is 29.1 Å². The number of allylic oxidation sites excluding steroid dienone is 2. The molecule has 3 aliphatic rings. The maximum Gasteiger partial charge on any atom is 0.416 e. The first-order valence-corrected chi connectivity index (χ1v) is 12.6. The van der Waals surface area contributed by atoms with E-state index in [1.54, 1.807) is 83.9 Å². The second-order valence-corrected chi connectivity index (χ2v) is 9.86. The van der Waals surface area contributed by atoms with Crippen molar-refractivity contribution in [3.05, 3.63) is 126 Å². The van der Waals surface area contributed by atoms with E-state index in [1.807, 2.05) is 0 Å². The number of Topliss-reactive ketones (excluding diaryl/α,β-unsaturated/α-hetero) is 2. The molecule has 0 radical (unpaired) electrons. The van der Waals surface area contributed by atoms with E-state index < -0.39 is 53.3 Å². The normalized spacial score (nSPS) is 23.6. The summed E-state index contributed by atoms with van der Waals surface area (Å²) in [4.78, 5) is 57.0. The molecule has 3 heterocycles. The van der Waals surface area contributed by atoms with E-state index in [0.29, 0.717) is 11.1 Å². The van der Waals surface area contributed by atoms with E-state index in [2.05, 4.69) is 0 Å². The Balaban J connectivity index is 1.43. The summed E-state index contributed by atoms with van der Waals surface area (Å²) >= 11 is 0. The molecule has 6 nitrogen and oxygen atoms in total. The van der Waals surface area contributed by atoms with Crippen LogP contribution in [-0.4, -0.2) is 40.4 Å². The van der Waals surface area contributed by atoms with E-state index in [1.165, 1.54) is 6.07 Å². The SMILES string of the molecule is O=C(C1=C[C@@H]2[C@@H]3C(=O)N(c4cccc(C(F)(F)F)c4)C(=O)[C@H]3[C@H](C(=O)c3ccccc3)N2C=C1)c1ccccc1. The molecule has 6 rings (SSSR count). The summed E-state index contributed by atoms with van der Waals surface area (Å²) in [7, 11) is 0. The Kier molecular flexibility index (Phi) is 6.02. The lowest BCUT2D eigenvalue weighted by Crippen LogP contribution is -2.46. The molecule has 2 saturated heterocycles. The molecule has 0 aliphatic carbocycles. The predicted molar refractivity (Wildman–Crippen MR) is 139 cm³/mol. The molecule has 0 bridgehead atoms. The monoisotopic (exact) mass is 542 g/mol. The van der Waals surface area contributed by atoms with Gasteiger partial charge in [-0.15, -0.1) is 0 Å². The Morgan fingerprint density at radius 2 is 1.38 bits per heavy atom. The molecule has 2 fully saturated rings. The van der Waals surface area contributed by atoms with Crippen molar-refractivity contribution in [3.63, 3.8) is 0 Å². The van der Waals surface area contributed by atoms with E-state index >= 15 is 0 Å². The van der Waals surface area contributed by atoms with Gasteiger partial charge in [0.2, 0.25) is 11.8 Å². The van der Waals surface area contributed by atoms with Crippen LogP contribution in [0.25, 0.3) is 0 Å². The molecule has 3 aromatic rings. The molecule has 0 unspecified atom stereocenters. The highest BCUT2D eigenvalue weighted by Gasteiger charge is 2.63. The van der Waals surface area contributed by atoms with Crippen molar-refractivity contribution in [2.45, 2.75) is 18.3 Å². The fourth-order valence-corrected chi connectivity index (χ4v) is 5.80. The van der Waals surface area contributed by atoms with Gasteiger partial charge in [0.25, 0.3) is 0 Å². The zero-order valence-corrected chi connectivity index (χ0v) is 20.8. The number of rotatable bonds is 5. The van der Waals surface area contributed by atoms with Crippen molar-refractivity contribution in [3.8, 4) is 0 Å². The number of carbonyl (C=O) groups is 4. The van der Waals surface area contributed by atoms with Crippen LogP contribution in [0.4, 0.5) is 18.9 Å². The number of hydrogen-bond acceptors (Lipinski definition) is 5. The smallest absolute Gasteiger partial charge is 0.359 e. The third-order valence-corrected chi connectivity index (χ3v) is 7.60. The summed E-state index contributed by atoms with van der Waals surface area (Å²) in [5.41, 5.74) is -0.173. The fourth-order valence-electron chi connectivity index (χ4n) is 5.80. The standard InChI is InChI=1S/C31H21F3N2O4/c32-31(33,34)21-12-7-13-22(17-21)36-29(39)24-23-16-20(27(37)18-8-3-1-4-9-18)14-15-35(23)26(25(24)30(36)40)28(38)19-10-5-2-6-11-19/h1-17,23-26H/t23-,24+,25-,26-/m1/s1. The van der Waals surface area contributed by atoms with Crippen LogP contribution in [0.2, 0.25) is 0 Å². The molecule has 0 N–H and O–H groups in total. The quantitative estimate of drug-likeness (QED) is 0.332. The van der Waals surface area contributed by atoms with Gasteiger partial charge in [0.1, 0.15) is 6.04 Å². The Hall–Kier alpha value is -4.79. The lowest BCUT2D eigenvalue weighted by molar-refractivity contribution is -0.137. The van der Waals surface area contributed by atoms with Gasteiger partial charge in [-0.1, -0.05) is 72.8 Å². The van der Waals surface area contributed by atoms with E-state index in [4.69, 9.17) is 0 Å². The topological polar surface area (TPSA) is 74.8 Å². The van der Waals surface area contributed by atoms with Crippen LogP contribution in [0, 0.1) is 11.8 Å². The van der Waals surface area contributed by atoms with Gasteiger partial charge in [-0.2, -0.15) is 13.2 Å². The number of ketones is 2. The van der Waals surface area contributed by atoms with Crippen LogP contribution in [-0.2, 0) is 15.8 Å². The highest BCUT2D eigenvalue weighted by atomic mass is 19.4. The first-order chi connectivity index (χ1) is 19.2. The second kappa shape index (κ2) is 9.44. The first-order valence-electron chi connectivity index (χ1n) is 12.6. The third-order valence-electron chi connectivity index (χ3n) is 7.60. The van der Waals surface area contributed by atoms with Crippen LogP contribution in [0.5, 0.6) is 0 Å². The summed E-state index contributed by atoms with van der Waals surface area (Å²) in [6, 6.07) is 18.9. The van der Waals surface area contributed by atoms with Crippen molar-refractivity contribution in [1.29, 1.82) is 0 Å². The van der Waals surface area contributed by atoms with E-state index in [9.17, 15) is 32.3 Å². The number of hydrogen-bond donors (Lipinski definition) is 0. The van der Waals surface area contributed by atoms with Gasteiger partial charge >= 0.3 is 6.18 Å². The van der Waals surface area contributed by atoms with Crippen LogP contribution in [0.1, 0.15) is 26.3 Å². The number of carbonyl (C=O) groups excluding carboxylic acids is 4. The average molecular weight is 543 g/mol. The Bertz CT molecular complexity index is 1600. The van der Waals surface area contributed by atoms with Gasteiger partial charge in [-0.25, -0.2) is 4.90 Å². The molecule has 40 heavy (non-hydrogen) atoms. The Morgan fingerprint density at radius 3 is 2.02 bits per heavy atom. The largest absolute Gasteiger partial charge is 0.416 e. The van der Waals surface area contributed by atoms with Gasteiger partial charge in [0.15, 0.2) is 11.6 Å². The van der Waals surface area contributed by atoms with Gasteiger partial charge < -0.3 is 4.90 Å². The van der Waals surface area contributed by atoms with Gasteiger partial charge in [-0.3, -0.25) is 19.2 Å². The van der Waals surface area contributed by atoms with Crippen LogP contribution in [0.3, 0.4) is 0 Å². The van der Waals surface area contributed by atoms with Crippen molar-refractivity contribution in [1.82, 2.24) is 4.90 Å². The zero-order valence-electron chi connectivity index (χ0n) is 20.8. The minimum atomic E-state index is -4.68. The molecule has 0 aromatic heterocycles. The van der Waals surface area contributed by atoms with Crippen LogP contribution < -0.4 is 4.90 Å². The van der Waals surface area contributed by atoms with Crippen molar-refractivity contribution < 1.29 is 32.3 Å². The number of imide groups is 1. The first kappa shape index (κ1) is 25.5. The number of alkyl halides is 3. The summed E-state index contributed by atoms with van der Waals surface area (Å²) in [6.07, 6.45) is 0.00746. The third kappa shape index (κ3) is 4.05. The molecular formula is C31H21F3N2O4. The molecule has 2 amide bonds. The summed E-state index contributed by atoms with van der Waals surface area (Å²) in [5.74, 6) is -4.41.